The van der Waals surface area contributed by atoms with Crippen molar-refractivity contribution in [2.45, 2.75) is 69.5 Å². The number of benzene rings is 2. The van der Waals surface area contributed by atoms with Crippen LogP contribution >= 0.6 is 0 Å². The highest BCUT2D eigenvalue weighted by Gasteiger charge is 2.36. The maximum atomic E-state index is 12.8. The van der Waals surface area contributed by atoms with Crippen LogP contribution in [0.4, 0.5) is 0 Å². The zero-order valence-corrected chi connectivity index (χ0v) is 18.9. The molecule has 4 rings (SSSR count). The first-order chi connectivity index (χ1) is 16.2. The quantitative estimate of drug-likeness (QED) is 0.381. The van der Waals surface area contributed by atoms with Crippen LogP contribution in [0.15, 0.2) is 54.6 Å². The minimum atomic E-state index is 0.0394. The molecule has 2 aliphatic carbocycles. The summed E-state index contributed by atoms with van der Waals surface area (Å²) < 4.78 is 10.4. The fourth-order valence-electron chi connectivity index (χ4n) is 5.82. The third-order valence-electron chi connectivity index (χ3n) is 7.49. The number of rotatable bonds is 7. The van der Waals surface area contributed by atoms with Crippen molar-refractivity contribution >= 4 is 5.78 Å². The number of nitrogens with zero attached hydrogens (tertiary/aromatic N) is 2. The van der Waals surface area contributed by atoms with Crippen LogP contribution in [-0.4, -0.2) is 18.0 Å². The summed E-state index contributed by atoms with van der Waals surface area (Å²) in [6.07, 6.45) is 11.6. The lowest BCUT2D eigenvalue weighted by Gasteiger charge is -2.40. The number of hydrogen-bond acceptors (Lipinski definition) is 5. The number of carbonyl (C=O) groups excluding carboxylic acids is 1. The molecule has 170 valence electrons. The second-order valence-corrected chi connectivity index (χ2v) is 9.33. The van der Waals surface area contributed by atoms with E-state index in [1.54, 1.807) is 0 Å². The predicted octanol–water partition coefficient (Wildman–Crippen LogP) is 6.11. The van der Waals surface area contributed by atoms with Crippen molar-refractivity contribution < 1.29 is 14.3 Å². The third-order valence-corrected chi connectivity index (χ3v) is 7.49. The zero-order chi connectivity index (χ0) is 23.0. The lowest BCUT2D eigenvalue weighted by atomic mass is 9.66. The normalized spacial score (nSPS) is 25.8. The summed E-state index contributed by atoms with van der Waals surface area (Å²) in [5.41, 5.74) is 2.70. The van der Waals surface area contributed by atoms with Gasteiger partial charge in [0, 0.05) is 11.1 Å². The van der Waals surface area contributed by atoms with Crippen molar-refractivity contribution in [3.63, 3.8) is 0 Å². The highest BCUT2D eigenvalue weighted by Crippen LogP contribution is 2.46. The minimum absolute atomic E-state index is 0.0394. The van der Waals surface area contributed by atoms with Crippen LogP contribution in [-0.2, 0) is 9.47 Å². The van der Waals surface area contributed by atoms with E-state index < -0.39 is 0 Å². The molecule has 0 unspecified atom stereocenters. The summed E-state index contributed by atoms with van der Waals surface area (Å²) in [4.78, 5) is 12.8. The molecule has 33 heavy (non-hydrogen) atoms. The second kappa shape index (κ2) is 11.0. The van der Waals surface area contributed by atoms with E-state index in [0.29, 0.717) is 28.9 Å². The van der Waals surface area contributed by atoms with Gasteiger partial charge in [0.2, 0.25) is 0 Å². The van der Waals surface area contributed by atoms with E-state index in [1.807, 2.05) is 55.0 Å². The predicted molar refractivity (Wildman–Crippen MR) is 124 cm³/mol. The first kappa shape index (κ1) is 22.9. The average Bonchev–Trinajstić information content (AvgIpc) is 2.87. The first-order valence-corrected chi connectivity index (χ1v) is 12.0. The summed E-state index contributed by atoms with van der Waals surface area (Å²) >= 11 is 0. The van der Waals surface area contributed by atoms with Crippen molar-refractivity contribution in [3.05, 3.63) is 71.3 Å². The third kappa shape index (κ3) is 5.55. The molecule has 0 aromatic heterocycles. The Hall–Kier alpha value is -3.31. The van der Waals surface area contributed by atoms with Gasteiger partial charge in [0.15, 0.2) is 5.78 Å². The molecule has 0 heterocycles. The number of ether oxygens (including phenoxy) is 2. The molecule has 0 N–H and O–H groups in total. The van der Waals surface area contributed by atoms with Crippen molar-refractivity contribution in [1.29, 1.82) is 10.5 Å². The van der Waals surface area contributed by atoms with E-state index in [9.17, 15) is 4.79 Å². The zero-order valence-electron chi connectivity index (χ0n) is 18.9. The van der Waals surface area contributed by atoms with Gasteiger partial charge in [-0.05, 0) is 74.7 Å². The number of carbonyl (C=O) groups is 1. The summed E-state index contributed by atoms with van der Waals surface area (Å²) in [7, 11) is 0. The Labute approximate surface area is 195 Å². The van der Waals surface area contributed by atoms with E-state index in [2.05, 4.69) is 12.1 Å². The van der Waals surface area contributed by atoms with Gasteiger partial charge in [-0.1, -0.05) is 54.6 Å². The average molecular weight is 443 g/mol. The van der Waals surface area contributed by atoms with Gasteiger partial charge in [-0.15, -0.1) is 0 Å². The monoisotopic (exact) mass is 442 g/mol. The van der Waals surface area contributed by atoms with Crippen LogP contribution in [0, 0.1) is 34.9 Å². The SMILES string of the molecule is N#COC1CCC(C(c2ccc(C(=O)c3ccccc3)cc2)C2CCC(OC#N)CC2)CC1. The Morgan fingerprint density at radius 1 is 0.697 bits per heavy atom. The van der Waals surface area contributed by atoms with Crippen LogP contribution in [0.25, 0.3) is 0 Å². The topological polar surface area (TPSA) is 83.1 Å². The second-order valence-electron chi connectivity index (χ2n) is 9.33. The maximum absolute atomic E-state index is 12.8. The summed E-state index contributed by atoms with van der Waals surface area (Å²) in [6, 6.07) is 17.6. The van der Waals surface area contributed by atoms with E-state index in [4.69, 9.17) is 20.0 Å². The molecule has 0 amide bonds. The molecule has 2 aromatic carbocycles. The minimum Gasteiger partial charge on any atom is -0.424 e. The smallest absolute Gasteiger partial charge is 0.286 e. The van der Waals surface area contributed by atoms with E-state index in [1.165, 1.54) is 5.56 Å². The molecule has 0 aliphatic heterocycles. The maximum Gasteiger partial charge on any atom is 0.286 e. The van der Waals surface area contributed by atoms with Crippen molar-refractivity contribution in [2.75, 3.05) is 0 Å². The Balaban J connectivity index is 1.52. The number of hydrogen-bond donors (Lipinski definition) is 0. The highest BCUT2D eigenvalue weighted by atomic mass is 16.5. The molecule has 0 saturated heterocycles. The Bertz CT molecular complexity index is 954. The number of ketones is 1. The molecule has 2 aromatic rings. The molecule has 2 fully saturated rings. The fraction of sp³-hybridized carbons (Fsp3) is 0.464. The van der Waals surface area contributed by atoms with E-state index in [0.717, 1.165) is 51.4 Å². The van der Waals surface area contributed by atoms with Gasteiger partial charge < -0.3 is 9.47 Å². The highest BCUT2D eigenvalue weighted by molar-refractivity contribution is 6.08. The molecule has 5 nitrogen and oxygen atoms in total. The molecule has 2 aliphatic rings. The molecule has 5 heteroatoms. The van der Waals surface area contributed by atoms with Crippen LogP contribution in [0.3, 0.4) is 0 Å². The molecule has 0 atom stereocenters. The first-order valence-electron chi connectivity index (χ1n) is 12.0. The fourth-order valence-corrected chi connectivity index (χ4v) is 5.82. The molecule has 2 saturated carbocycles. The van der Waals surface area contributed by atoms with Crippen LogP contribution in [0.2, 0.25) is 0 Å². The van der Waals surface area contributed by atoms with E-state index >= 15 is 0 Å². The summed E-state index contributed by atoms with van der Waals surface area (Å²) in [5.74, 6) is 1.49. The van der Waals surface area contributed by atoms with Gasteiger partial charge in [0.25, 0.3) is 12.5 Å². The Kier molecular flexibility index (Phi) is 7.63. The summed E-state index contributed by atoms with van der Waals surface area (Å²) in [5, 5.41) is 17.7. The van der Waals surface area contributed by atoms with Gasteiger partial charge in [0.1, 0.15) is 12.2 Å². The van der Waals surface area contributed by atoms with Gasteiger partial charge in [0.05, 0.1) is 0 Å². The summed E-state index contributed by atoms with van der Waals surface area (Å²) in [6.45, 7) is 0. The van der Waals surface area contributed by atoms with Crippen LogP contribution < -0.4 is 0 Å². The van der Waals surface area contributed by atoms with Crippen molar-refractivity contribution in [3.8, 4) is 12.5 Å². The van der Waals surface area contributed by atoms with Crippen molar-refractivity contribution in [1.82, 2.24) is 0 Å². The van der Waals surface area contributed by atoms with Gasteiger partial charge in [-0.2, -0.15) is 10.5 Å². The van der Waals surface area contributed by atoms with Crippen LogP contribution in [0.1, 0.15) is 78.8 Å². The van der Waals surface area contributed by atoms with Crippen LogP contribution in [0.5, 0.6) is 0 Å². The Morgan fingerprint density at radius 2 is 1.15 bits per heavy atom. The van der Waals surface area contributed by atoms with Gasteiger partial charge in [-0.3, -0.25) is 4.79 Å². The molecule has 0 radical (unpaired) electrons. The molecular weight excluding hydrogens is 412 g/mol. The molecular formula is C28H30N2O3. The lowest BCUT2D eigenvalue weighted by molar-refractivity contribution is 0.0635. The number of nitriles is 2. The standard InChI is InChI=1S/C28H30N2O3/c29-18-32-25-14-10-21(11-15-25)27(22-12-16-26(17-13-22)33-19-30)20-6-8-24(9-7-20)28(31)23-4-2-1-3-5-23/h1-9,21-22,25-27H,10-17H2. The van der Waals surface area contributed by atoms with Gasteiger partial charge in [-0.25, -0.2) is 0 Å². The lowest BCUT2D eigenvalue weighted by Crippen LogP contribution is -2.31. The Morgan fingerprint density at radius 3 is 1.61 bits per heavy atom. The van der Waals surface area contributed by atoms with E-state index in [-0.39, 0.29) is 18.0 Å². The van der Waals surface area contributed by atoms with Crippen molar-refractivity contribution in [2.24, 2.45) is 11.8 Å². The van der Waals surface area contributed by atoms with Gasteiger partial charge >= 0.3 is 0 Å². The molecule has 0 bridgehead atoms. The molecule has 0 spiro atoms. The largest absolute Gasteiger partial charge is 0.424 e.